The number of hydrogen-bond acceptors (Lipinski definition) is 2. The van der Waals surface area contributed by atoms with Crippen LogP contribution in [0.2, 0.25) is 0 Å². The Labute approximate surface area is 153 Å². The van der Waals surface area contributed by atoms with Gasteiger partial charge in [-0.05, 0) is 0 Å². The summed E-state index contributed by atoms with van der Waals surface area (Å²) in [6.07, 6.45) is 12.7. The smallest absolute Gasteiger partial charge is 0.147 e. The molecule has 0 radical (unpaired) electrons. The van der Waals surface area contributed by atoms with Gasteiger partial charge in [-0.3, -0.25) is 0 Å². The third-order valence-electron chi connectivity index (χ3n) is 3.92. The van der Waals surface area contributed by atoms with E-state index in [1.165, 1.54) is 11.1 Å². The molecule has 2 nitrogen and oxygen atoms in total. The van der Waals surface area contributed by atoms with Crippen molar-refractivity contribution in [3.63, 3.8) is 0 Å². The van der Waals surface area contributed by atoms with Gasteiger partial charge in [-0.25, -0.2) is 0 Å². The van der Waals surface area contributed by atoms with Crippen LogP contribution in [0.4, 0.5) is 0 Å². The average Bonchev–Trinajstić information content (AvgIpc) is 3.02. The fraction of sp³-hybridized carbons (Fsp3) is 0.471. The maximum Gasteiger partial charge on any atom is -0.147 e. The van der Waals surface area contributed by atoms with E-state index in [4.69, 9.17) is 0 Å². The maximum absolute atomic E-state index is 9.26. The van der Waals surface area contributed by atoms with E-state index < -0.39 is 21.3 Å². The zero-order valence-corrected chi connectivity index (χ0v) is 17.4. The van der Waals surface area contributed by atoms with E-state index in [2.05, 4.69) is 38.2 Å². The van der Waals surface area contributed by atoms with Gasteiger partial charge in [0.15, 0.2) is 0 Å². The van der Waals surface area contributed by atoms with E-state index in [9.17, 15) is 10.2 Å². The summed E-state index contributed by atoms with van der Waals surface area (Å²) in [4.78, 5) is 0. The van der Waals surface area contributed by atoms with Crippen molar-refractivity contribution in [3.8, 4) is 0 Å². The Kier molecular flexibility index (Phi) is 11.0. The van der Waals surface area contributed by atoms with E-state index in [0.29, 0.717) is 0 Å². The molecule has 2 aliphatic carbocycles. The Hall–Kier alpha value is 0.213. The summed E-state index contributed by atoms with van der Waals surface area (Å²) in [7, 11) is 0. The van der Waals surface area contributed by atoms with Crippen LogP contribution in [0.3, 0.4) is 0 Å². The molecule has 2 N–H and O–H groups in total. The first kappa shape index (κ1) is 22.2. The van der Waals surface area contributed by atoms with Gasteiger partial charge in [0.05, 0.1) is 0 Å². The summed E-state index contributed by atoms with van der Waals surface area (Å²) in [5.74, 6) is 0. The molecule has 0 saturated heterocycles. The molecular weight excluding hydrogens is 398 g/mol. The second kappa shape index (κ2) is 10.9. The number of allylic oxidation sites excluding steroid dienone is 6. The summed E-state index contributed by atoms with van der Waals surface area (Å²) in [6.45, 7) is 5.03. The van der Waals surface area contributed by atoms with Crippen LogP contribution in [0, 0.1) is 0 Å². The summed E-state index contributed by atoms with van der Waals surface area (Å²) >= 11 is -1.94. The molecule has 0 aliphatic heterocycles. The zero-order chi connectivity index (χ0) is 14.5. The van der Waals surface area contributed by atoms with E-state index >= 15 is 0 Å². The van der Waals surface area contributed by atoms with Crippen LogP contribution in [-0.2, 0) is 21.3 Å². The van der Waals surface area contributed by atoms with Gasteiger partial charge in [0.25, 0.3) is 0 Å². The quantitative estimate of drug-likeness (QED) is 0.680. The fourth-order valence-electron chi connectivity index (χ4n) is 3.12. The van der Waals surface area contributed by atoms with Crippen LogP contribution in [0.25, 0.3) is 0 Å². The van der Waals surface area contributed by atoms with Crippen LogP contribution in [-0.4, -0.2) is 26.6 Å². The third kappa shape index (κ3) is 5.11. The minimum atomic E-state index is -1.94. The van der Waals surface area contributed by atoms with Gasteiger partial charge < -0.3 is 0 Å². The van der Waals surface area contributed by atoms with Crippen molar-refractivity contribution in [2.75, 3.05) is 13.2 Å². The molecule has 2 rings (SSSR count). The van der Waals surface area contributed by atoms with Crippen molar-refractivity contribution in [1.29, 1.82) is 0 Å². The molecule has 0 atom stereocenters. The van der Waals surface area contributed by atoms with Crippen molar-refractivity contribution in [3.05, 3.63) is 42.0 Å². The predicted molar refractivity (Wildman–Crippen MR) is 95.8 cm³/mol. The number of halogens is 2. The minimum absolute atomic E-state index is 0. The van der Waals surface area contributed by atoms with E-state index in [1.54, 1.807) is 9.77 Å². The predicted octanol–water partition coefficient (Wildman–Crippen LogP) is 3.85. The summed E-state index contributed by atoms with van der Waals surface area (Å²) in [5.41, 5.74) is 2.76. The van der Waals surface area contributed by atoms with Crippen LogP contribution >= 0.6 is 24.8 Å². The zero-order valence-electron chi connectivity index (χ0n) is 13.3. The molecule has 2 aliphatic rings. The largest absolute Gasteiger partial charge is 0.147 e. The molecule has 22 heavy (non-hydrogen) atoms. The minimum Gasteiger partial charge on any atom is -0.147 e. The second-order valence-corrected chi connectivity index (χ2v) is 12.8. The van der Waals surface area contributed by atoms with Gasteiger partial charge in [0, 0.05) is 0 Å². The van der Waals surface area contributed by atoms with Crippen LogP contribution in [0.5, 0.6) is 0 Å². The number of aliphatic hydroxyl groups is 2. The molecular formula is C17H26Cl2O2Zr. The van der Waals surface area contributed by atoms with Crippen molar-refractivity contribution in [2.45, 2.75) is 39.5 Å². The van der Waals surface area contributed by atoms with E-state index in [-0.39, 0.29) is 38.0 Å². The first-order valence-corrected chi connectivity index (χ1v) is 11.0. The fourth-order valence-corrected chi connectivity index (χ4v) is 11.2. The normalized spacial score (nSPS) is 16.0. The summed E-state index contributed by atoms with van der Waals surface area (Å²) in [6, 6.07) is 0. The molecule has 0 aromatic rings. The first-order chi connectivity index (χ1) is 9.69. The molecule has 0 aromatic carbocycles. The van der Waals surface area contributed by atoms with Crippen molar-refractivity contribution in [2.24, 2.45) is 0 Å². The molecule has 0 unspecified atom stereocenters. The SMILES string of the molecule is C[C](C)=[Zr]([C]1=C(CCO)C=CC1)[C]1=C(CCO)C=CC1.Cl.Cl. The van der Waals surface area contributed by atoms with Crippen LogP contribution in [0.1, 0.15) is 39.5 Å². The van der Waals surface area contributed by atoms with Gasteiger partial charge >= 0.3 is 129 Å². The van der Waals surface area contributed by atoms with Crippen molar-refractivity contribution >= 4 is 28.0 Å². The Morgan fingerprint density at radius 2 is 1.32 bits per heavy atom. The Bertz CT molecular complexity index is 497. The number of rotatable bonds is 6. The van der Waals surface area contributed by atoms with Crippen molar-refractivity contribution in [1.82, 2.24) is 0 Å². The molecule has 0 spiro atoms. The topological polar surface area (TPSA) is 40.5 Å². The molecule has 0 bridgehead atoms. The van der Waals surface area contributed by atoms with Gasteiger partial charge in [-0.1, -0.05) is 0 Å². The standard InChI is InChI=1S/2C7H9O.C3H6.2ClH.Zr/c2*8-6-5-7-3-1-2-4-7;1-3-2;;;/h2*1,3,8H,2,5-6H2;1-2H3;2*1H;. The van der Waals surface area contributed by atoms with Gasteiger partial charge in [-0.2, -0.15) is 0 Å². The summed E-state index contributed by atoms with van der Waals surface area (Å²) in [5, 5.41) is 18.5. The van der Waals surface area contributed by atoms with Gasteiger partial charge in [0.2, 0.25) is 0 Å². The second-order valence-electron chi connectivity index (χ2n) is 5.54. The van der Waals surface area contributed by atoms with Gasteiger partial charge in [0.1, 0.15) is 0 Å². The molecule has 0 aromatic heterocycles. The van der Waals surface area contributed by atoms with E-state index in [0.717, 1.165) is 25.7 Å². The Balaban J connectivity index is 0.00000220. The Morgan fingerprint density at radius 1 is 0.909 bits per heavy atom. The monoisotopic (exact) mass is 422 g/mol. The molecule has 0 amide bonds. The molecule has 124 valence electrons. The van der Waals surface area contributed by atoms with E-state index in [1.807, 2.05) is 0 Å². The molecule has 0 saturated carbocycles. The molecule has 5 heteroatoms. The van der Waals surface area contributed by atoms with Crippen molar-refractivity contribution < 1.29 is 31.5 Å². The number of aliphatic hydroxyl groups excluding tert-OH is 2. The first-order valence-electron chi connectivity index (χ1n) is 7.36. The van der Waals surface area contributed by atoms with Crippen LogP contribution < -0.4 is 0 Å². The third-order valence-corrected chi connectivity index (χ3v) is 11.9. The Morgan fingerprint density at radius 3 is 1.64 bits per heavy atom. The maximum atomic E-state index is 9.26. The summed E-state index contributed by atoms with van der Waals surface area (Å²) < 4.78 is 4.86. The molecule has 0 fully saturated rings. The van der Waals surface area contributed by atoms with Gasteiger partial charge in [-0.15, -0.1) is 24.8 Å². The molecule has 0 heterocycles. The average molecular weight is 425 g/mol. The number of hydrogen-bond donors (Lipinski definition) is 2. The van der Waals surface area contributed by atoms with Crippen LogP contribution in [0.15, 0.2) is 42.0 Å².